The van der Waals surface area contributed by atoms with Crippen molar-refractivity contribution < 1.29 is 4.74 Å². The Hall–Kier alpha value is -1.07. The van der Waals surface area contributed by atoms with E-state index in [9.17, 15) is 0 Å². The summed E-state index contributed by atoms with van der Waals surface area (Å²) in [5, 5.41) is 3.08. The molecule has 0 radical (unpaired) electrons. The molecule has 1 aliphatic heterocycles. The summed E-state index contributed by atoms with van der Waals surface area (Å²) in [6.07, 6.45) is 5.01. The first-order chi connectivity index (χ1) is 7.90. The molecule has 0 bridgehead atoms. The Morgan fingerprint density at radius 1 is 1.38 bits per heavy atom. The predicted octanol–water partition coefficient (Wildman–Crippen LogP) is 0.647. The topological polar surface area (TPSA) is 42.3 Å². The normalized spacial score (nSPS) is 17.6. The molecule has 0 aliphatic carbocycles. The summed E-state index contributed by atoms with van der Waals surface area (Å²) in [7, 11) is 1.90. The fourth-order valence-corrected chi connectivity index (χ4v) is 2.01. The van der Waals surface area contributed by atoms with Crippen molar-refractivity contribution in [1.82, 2.24) is 14.5 Å². The van der Waals surface area contributed by atoms with Crippen LogP contribution in [-0.2, 0) is 11.3 Å². The molecule has 1 saturated heterocycles. The van der Waals surface area contributed by atoms with E-state index in [1.54, 1.807) is 0 Å². The minimum Gasteiger partial charge on any atom is -0.379 e. The molecule has 0 saturated carbocycles. The monoisotopic (exact) mass is 224 g/mol. The van der Waals surface area contributed by atoms with Gasteiger partial charge < -0.3 is 14.6 Å². The van der Waals surface area contributed by atoms with Gasteiger partial charge in [-0.1, -0.05) is 0 Å². The molecular weight excluding hydrogens is 204 g/mol. The maximum absolute atomic E-state index is 5.32. The lowest BCUT2D eigenvalue weighted by Crippen LogP contribution is -2.37. The van der Waals surface area contributed by atoms with E-state index in [-0.39, 0.29) is 0 Å². The van der Waals surface area contributed by atoms with Gasteiger partial charge in [0.1, 0.15) is 0 Å². The van der Waals surface area contributed by atoms with Crippen LogP contribution >= 0.6 is 0 Å². The van der Waals surface area contributed by atoms with Crippen LogP contribution in [0.2, 0.25) is 0 Å². The number of ether oxygens (including phenoxy) is 1. The number of aromatic nitrogens is 2. The smallest absolute Gasteiger partial charge is 0.202 e. The first kappa shape index (κ1) is 11.4. The second-order valence-electron chi connectivity index (χ2n) is 4.00. The third-order valence-electron chi connectivity index (χ3n) is 2.92. The molecule has 1 fully saturated rings. The van der Waals surface area contributed by atoms with Crippen molar-refractivity contribution >= 4 is 5.95 Å². The number of nitrogens with one attached hydrogen (secondary N) is 1. The fourth-order valence-electron chi connectivity index (χ4n) is 2.01. The van der Waals surface area contributed by atoms with Crippen LogP contribution in [0.4, 0.5) is 5.95 Å². The van der Waals surface area contributed by atoms with Gasteiger partial charge in [0, 0.05) is 45.6 Å². The highest BCUT2D eigenvalue weighted by Crippen LogP contribution is 2.05. The molecule has 1 aromatic rings. The number of nitrogens with zero attached hydrogens (tertiary/aromatic N) is 3. The average Bonchev–Trinajstić information content (AvgIpc) is 2.78. The predicted molar refractivity (Wildman–Crippen MR) is 63.6 cm³/mol. The number of rotatable bonds is 5. The molecular formula is C11H20N4O. The Morgan fingerprint density at radius 2 is 2.19 bits per heavy atom. The summed E-state index contributed by atoms with van der Waals surface area (Å²) >= 11 is 0. The van der Waals surface area contributed by atoms with E-state index in [1.807, 2.05) is 19.4 Å². The summed E-state index contributed by atoms with van der Waals surface area (Å²) in [4.78, 5) is 6.68. The third kappa shape index (κ3) is 2.96. The van der Waals surface area contributed by atoms with Crippen LogP contribution in [0.1, 0.15) is 6.42 Å². The standard InChI is InChI=1S/C11H20N4O/c1-12-11-13-3-6-15(11)5-2-4-14-7-9-16-10-8-14/h3,6H,2,4-5,7-10H2,1H3,(H,12,13). The molecule has 1 aromatic heterocycles. The van der Waals surface area contributed by atoms with Gasteiger partial charge >= 0.3 is 0 Å². The zero-order valence-corrected chi connectivity index (χ0v) is 9.85. The largest absolute Gasteiger partial charge is 0.379 e. The van der Waals surface area contributed by atoms with Crippen LogP contribution in [0.15, 0.2) is 12.4 Å². The summed E-state index contributed by atoms with van der Waals surface area (Å²) in [5.74, 6) is 0.946. The number of morpholine rings is 1. The Bertz CT molecular complexity index is 307. The molecule has 5 heteroatoms. The van der Waals surface area contributed by atoms with Gasteiger partial charge in [0.05, 0.1) is 13.2 Å². The van der Waals surface area contributed by atoms with Crippen LogP contribution in [-0.4, -0.2) is 54.3 Å². The summed E-state index contributed by atoms with van der Waals surface area (Å²) in [6.45, 7) is 6.07. The average molecular weight is 224 g/mol. The Morgan fingerprint density at radius 3 is 2.94 bits per heavy atom. The Labute approximate surface area is 96.4 Å². The van der Waals surface area contributed by atoms with Crippen molar-refractivity contribution in [1.29, 1.82) is 0 Å². The number of hydrogen-bond acceptors (Lipinski definition) is 4. The molecule has 0 atom stereocenters. The molecule has 5 nitrogen and oxygen atoms in total. The van der Waals surface area contributed by atoms with E-state index >= 15 is 0 Å². The van der Waals surface area contributed by atoms with Crippen LogP contribution in [0.5, 0.6) is 0 Å². The molecule has 0 unspecified atom stereocenters. The number of anilines is 1. The molecule has 0 amide bonds. The SMILES string of the molecule is CNc1nccn1CCCN1CCOCC1. The van der Waals surface area contributed by atoms with Gasteiger partial charge in [0.25, 0.3) is 0 Å². The maximum atomic E-state index is 5.32. The van der Waals surface area contributed by atoms with Crippen LogP contribution in [0.3, 0.4) is 0 Å². The molecule has 90 valence electrons. The van der Waals surface area contributed by atoms with Gasteiger partial charge in [0.2, 0.25) is 5.95 Å². The summed E-state index contributed by atoms with van der Waals surface area (Å²) < 4.78 is 7.47. The minimum atomic E-state index is 0.882. The fraction of sp³-hybridized carbons (Fsp3) is 0.727. The van der Waals surface area contributed by atoms with Crippen LogP contribution in [0.25, 0.3) is 0 Å². The van der Waals surface area contributed by atoms with Crippen molar-refractivity contribution in [3.05, 3.63) is 12.4 Å². The first-order valence-electron chi connectivity index (χ1n) is 5.89. The summed E-state index contributed by atoms with van der Waals surface area (Å²) in [5.41, 5.74) is 0. The van der Waals surface area contributed by atoms with Gasteiger partial charge in [-0.3, -0.25) is 4.90 Å². The first-order valence-corrected chi connectivity index (χ1v) is 5.89. The van der Waals surface area contributed by atoms with Gasteiger partial charge in [0.15, 0.2) is 0 Å². The Balaban J connectivity index is 1.71. The molecule has 0 spiro atoms. The van der Waals surface area contributed by atoms with Gasteiger partial charge in [-0.15, -0.1) is 0 Å². The van der Waals surface area contributed by atoms with Gasteiger partial charge in [-0.05, 0) is 6.42 Å². The third-order valence-corrected chi connectivity index (χ3v) is 2.92. The second-order valence-corrected chi connectivity index (χ2v) is 4.00. The van der Waals surface area contributed by atoms with E-state index in [0.717, 1.165) is 51.8 Å². The minimum absolute atomic E-state index is 0.882. The highest BCUT2D eigenvalue weighted by atomic mass is 16.5. The van der Waals surface area contributed by atoms with Crippen LogP contribution < -0.4 is 5.32 Å². The van der Waals surface area contributed by atoms with Crippen LogP contribution in [0, 0.1) is 0 Å². The maximum Gasteiger partial charge on any atom is 0.202 e. The molecule has 1 N–H and O–H groups in total. The lowest BCUT2D eigenvalue weighted by atomic mass is 10.3. The molecule has 1 aliphatic rings. The number of imidazole rings is 1. The summed E-state index contributed by atoms with van der Waals surface area (Å²) in [6, 6.07) is 0. The molecule has 2 rings (SSSR count). The highest BCUT2D eigenvalue weighted by Gasteiger charge is 2.09. The Kier molecular flexibility index (Phi) is 4.18. The lowest BCUT2D eigenvalue weighted by Gasteiger charge is -2.26. The molecule has 16 heavy (non-hydrogen) atoms. The van der Waals surface area contributed by atoms with Gasteiger partial charge in [-0.2, -0.15) is 0 Å². The van der Waals surface area contributed by atoms with Crippen molar-refractivity contribution in [2.45, 2.75) is 13.0 Å². The zero-order chi connectivity index (χ0) is 11.2. The number of hydrogen-bond donors (Lipinski definition) is 1. The van der Waals surface area contributed by atoms with E-state index in [1.165, 1.54) is 0 Å². The van der Waals surface area contributed by atoms with Crippen molar-refractivity contribution in [3.8, 4) is 0 Å². The van der Waals surface area contributed by atoms with Crippen molar-refractivity contribution in [3.63, 3.8) is 0 Å². The molecule has 2 heterocycles. The quantitative estimate of drug-likeness (QED) is 0.797. The van der Waals surface area contributed by atoms with Crippen molar-refractivity contribution in [2.75, 3.05) is 45.2 Å². The van der Waals surface area contributed by atoms with Crippen molar-refractivity contribution in [2.24, 2.45) is 0 Å². The van der Waals surface area contributed by atoms with E-state index < -0.39 is 0 Å². The molecule has 0 aromatic carbocycles. The highest BCUT2D eigenvalue weighted by molar-refractivity contribution is 5.23. The lowest BCUT2D eigenvalue weighted by molar-refractivity contribution is 0.0369. The van der Waals surface area contributed by atoms with E-state index in [4.69, 9.17) is 4.74 Å². The van der Waals surface area contributed by atoms with E-state index in [2.05, 4.69) is 19.8 Å². The zero-order valence-electron chi connectivity index (χ0n) is 9.85. The number of aryl methyl sites for hydroxylation is 1. The van der Waals surface area contributed by atoms with E-state index in [0.29, 0.717) is 0 Å². The van der Waals surface area contributed by atoms with Gasteiger partial charge in [-0.25, -0.2) is 4.98 Å². The second kappa shape index (κ2) is 5.86.